The van der Waals surface area contributed by atoms with E-state index in [1.807, 2.05) is 97.0 Å². The number of anilines is 1. The van der Waals surface area contributed by atoms with E-state index in [0.717, 1.165) is 22.4 Å². The van der Waals surface area contributed by atoms with Crippen LogP contribution in [0.3, 0.4) is 0 Å². The Hall–Kier alpha value is -3.47. The number of ketones is 1. The van der Waals surface area contributed by atoms with Gasteiger partial charge in [0.05, 0.1) is 36.6 Å². The van der Waals surface area contributed by atoms with Gasteiger partial charge in [0.2, 0.25) is 11.8 Å². The number of nitrogens with one attached hydrogen (secondary N) is 1. The maximum atomic E-state index is 13.3. The van der Waals surface area contributed by atoms with Crippen LogP contribution in [0, 0.1) is 17.3 Å². The zero-order valence-corrected chi connectivity index (χ0v) is 27.0. The van der Waals surface area contributed by atoms with Gasteiger partial charge in [-0.1, -0.05) is 62.9 Å². The molecule has 7 nitrogen and oxygen atoms in total. The van der Waals surface area contributed by atoms with Crippen LogP contribution in [0.25, 0.3) is 0 Å². The lowest BCUT2D eigenvalue weighted by molar-refractivity contribution is -0.128. The zero-order valence-electron chi connectivity index (χ0n) is 27.0. The summed E-state index contributed by atoms with van der Waals surface area (Å²) in [6.07, 6.45) is 2.03. The molecule has 0 fully saturated rings. The number of ether oxygens (including phenoxy) is 2. The molecule has 2 aromatic carbocycles. The Bertz CT molecular complexity index is 1340. The average Bonchev–Trinajstić information content (AvgIpc) is 2.93. The molecule has 0 atom stereocenters. The maximum absolute atomic E-state index is 13.3. The highest BCUT2D eigenvalue weighted by molar-refractivity contribution is 5.96. The molecule has 0 saturated carbocycles. The number of carbonyl (C=O) groups is 3. The summed E-state index contributed by atoms with van der Waals surface area (Å²) >= 11 is 0. The summed E-state index contributed by atoms with van der Waals surface area (Å²) in [5.41, 5.74) is 2.27. The minimum atomic E-state index is -0.434. The van der Waals surface area contributed by atoms with Gasteiger partial charge < -0.3 is 19.7 Å². The van der Waals surface area contributed by atoms with Crippen LogP contribution in [0.1, 0.15) is 97.3 Å². The first-order valence-corrected chi connectivity index (χ1v) is 15.2. The molecule has 1 N–H and O–H groups in total. The summed E-state index contributed by atoms with van der Waals surface area (Å²) in [5.74, 6) is 6.34. The smallest absolute Gasteiger partial charge is 0.227 e. The highest BCUT2D eigenvalue weighted by atomic mass is 16.5. The molecule has 3 rings (SSSR count). The van der Waals surface area contributed by atoms with E-state index in [4.69, 9.17) is 9.47 Å². The maximum Gasteiger partial charge on any atom is 0.227 e. The first-order valence-electron chi connectivity index (χ1n) is 15.2. The van der Waals surface area contributed by atoms with Gasteiger partial charge in [-0.2, -0.15) is 0 Å². The van der Waals surface area contributed by atoms with Gasteiger partial charge in [-0.25, -0.2) is 0 Å². The summed E-state index contributed by atoms with van der Waals surface area (Å²) in [6, 6.07) is 15.4. The molecule has 232 valence electrons. The molecular formula is C36H48N2O5. The topological polar surface area (TPSA) is 84.9 Å². The lowest BCUT2D eigenvalue weighted by Crippen LogP contribution is -2.35. The van der Waals surface area contributed by atoms with Crippen molar-refractivity contribution in [2.24, 2.45) is 5.41 Å². The highest BCUT2D eigenvalue weighted by Crippen LogP contribution is 2.27. The van der Waals surface area contributed by atoms with Gasteiger partial charge in [0.25, 0.3) is 0 Å². The van der Waals surface area contributed by atoms with E-state index in [2.05, 4.69) is 17.2 Å². The SMILES string of the molecule is CC(C)(CCOC(C)(C)CCC(=O)C(C)(C)C)OCCNC(=O)CCC(=O)N1Cc2ccccc2C#Cc2ccccc21. The normalized spacial score (nSPS) is 13.1. The summed E-state index contributed by atoms with van der Waals surface area (Å²) in [6.45, 7) is 15.5. The summed E-state index contributed by atoms with van der Waals surface area (Å²) in [4.78, 5) is 39.9. The molecule has 1 heterocycles. The van der Waals surface area contributed by atoms with E-state index in [1.54, 1.807) is 4.90 Å². The number of nitrogens with zero attached hydrogens (tertiary/aromatic N) is 1. The highest BCUT2D eigenvalue weighted by Gasteiger charge is 2.27. The molecule has 1 aliphatic rings. The van der Waals surface area contributed by atoms with E-state index >= 15 is 0 Å². The number of fused-ring (bicyclic) bond motifs is 2. The summed E-state index contributed by atoms with van der Waals surface area (Å²) in [5, 5.41) is 2.87. The van der Waals surface area contributed by atoms with Gasteiger partial charge in [-0.05, 0) is 64.3 Å². The number of Topliss-reactive ketones (excluding diaryl/α,β-unsaturated/α-hetero) is 1. The number of hydrogen-bond donors (Lipinski definition) is 1. The van der Waals surface area contributed by atoms with Gasteiger partial charge in [0, 0.05) is 42.3 Å². The van der Waals surface area contributed by atoms with E-state index in [-0.39, 0.29) is 35.9 Å². The van der Waals surface area contributed by atoms with Crippen LogP contribution < -0.4 is 10.2 Å². The predicted octanol–water partition coefficient (Wildman–Crippen LogP) is 6.21. The van der Waals surface area contributed by atoms with E-state index in [1.165, 1.54) is 0 Å². The fourth-order valence-electron chi connectivity index (χ4n) is 4.68. The number of hydrogen-bond acceptors (Lipinski definition) is 5. The third kappa shape index (κ3) is 10.9. The van der Waals surface area contributed by atoms with Crippen LogP contribution in [-0.4, -0.2) is 48.6 Å². The van der Waals surface area contributed by atoms with Crippen LogP contribution in [0.2, 0.25) is 0 Å². The van der Waals surface area contributed by atoms with Crippen LogP contribution in [0.15, 0.2) is 48.5 Å². The summed E-state index contributed by atoms with van der Waals surface area (Å²) < 4.78 is 12.1. The van der Waals surface area contributed by atoms with Crippen molar-refractivity contribution >= 4 is 23.3 Å². The minimum absolute atomic E-state index is 0.0921. The second-order valence-electron chi connectivity index (χ2n) is 13.4. The Morgan fingerprint density at radius 2 is 1.37 bits per heavy atom. The molecule has 2 amide bonds. The Morgan fingerprint density at radius 1 is 0.767 bits per heavy atom. The van der Waals surface area contributed by atoms with Crippen molar-refractivity contribution in [3.05, 3.63) is 65.2 Å². The lowest BCUT2D eigenvalue weighted by atomic mass is 9.86. The third-order valence-electron chi connectivity index (χ3n) is 7.64. The Morgan fingerprint density at radius 3 is 2.09 bits per heavy atom. The van der Waals surface area contributed by atoms with E-state index in [0.29, 0.717) is 45.6 Å². The molecule has 0 spiro atoms. The van der Waals surface area contributed by atoms with Crippen molar-refractivity contribution in [1.82, 2.24) is 5.32 Å². The standard InChI is InChI=1S/C36H48N2O5/c1-34(2,3)31(39)20-21-35(4,5)42-24-22-36(6,7)43-25-23-37-32(40)18-19-33(41)38-26-29-14-9-8-12-27(29)16-17-28-13-10-11-15-30(28)38/h8-15H,18-26H2,1-7H3,(H,37,40). The van der Waals surface area contributed by atoms with Crippen LogP contribution in [0.4, 0.5) is 5.69 Å². The first kappa shape index (κ1) is 34.0. The third-order valence-corrected chi connectivity index (χ3v) is 7.64. The van der Waals surface area contributed by atoms with Crippen molar-refractivity contribution in [3.8, 4) is 11.8 Å². The fourth-order valence-corrected chi connectivity index (χ4v) is 4.68. The van der Waals surface area contributed by atoms with Gasteiger partial charge in [0.1, 0.15) is 5.78 Å². The Labute approximate surface area is 257 Å². The molecule has 2 aromatic rings. The number of carbonyl (C=O) groups excluding carboxylic acids is 3. The minimum Gasteiger partial charge on any atom is -0.375 e. The van der Waals surface area contributed by atoms with Gasteiger partial charge in [0.15, 0.2) is 0 Å². The predicted molar refractivity (Wildman–Crippen MR) is 171 cm³/mol. The van der Waals surface area contributed by atoms with Crippen molar-refractivity contribution in [3.63, 3.8) is 0 Å². The molecular weight excluding hydrogens is 540 g/mol. The Balaban J connectivity index is 1.40. The van der Waals surface area contributed by atoms with Crippen molar-refractivity contribution in [1.29, 1.82) is 0 Å². The molecule has 43 heavy (non-hydrogen) atoms. The molecule has 0 radical (unpaired) electrons. The number of benzene rings is 2. The average molecular weight is 589 g/mol. The molecule has 0 aliphatic carbocycles. The zero-order chi connectivity index (χ0) is 31.7. The second-order valence-corrected chi connectivity index (χ2v) is 13.4. The van der Waals surface area contributed by atoms with Crippen molar-refractivity contribution < 1.29 is 23.9 Å². The monoisotopic (exact) mass is 588 g/mol. The van der Waals surface area contributed by atoms with Crippen LogP contribution >= 0.6 is 0 Å². The Kier molecular flexibility index (Phi) is 11.7. The van der Waals surface area contributed by atoms with Gasteiger partial charge >= 0.3 is 0 Å². The number of amides is 2. The number of rotatable bonds is 14. The number of para-hydroxylation sites is 1. The summed E-state index contributed by atoms with van der Waals surface area (Å²) in [7, 11) is 0. The fraction of sp³-hybridized carbons (Fsp3) is 0.528. The van der Waals surface area contributed by atoms with Crippen molar-refractivity contribution in [2.75, 3.05) is 24.7 Å². The molecule has 1 aliphatic heterocycles. The molecule has 7 heteroatoms. The van der Waals surface area contributed by atoms with E-state index in [9.17, 15) is 14.4 Å². The molecule has 0 bridgehead atoms. The first-order chi connectivity index (χ1) is 20.2. The molecule has 0 aromatic heterocycles. The molecule has 0 saturated heterocycles. The quantitative estimate of drug-likeness (QED) is 0.210. The van der Waals surface area contributed by atoms with Gasteiger partial charge in [-0.3, -0.25) is 14.4 Å². The van der Waals surface area contributed by atoms with E-state index < -0.39 is 11.2 Å². The van der Waals surface area contributed by atoms with Crippen LogP contribution in [0.5, 0.6) is 0 Å². The second kappa shape index (κ2) is 14.8. The molecule has 0 unspecified atom stereocenters. The largest absolute Gasteiger partial charge is 0.375 e. The van der Waals surface area contributed by atoms with Crippen molar-refractivity contribution in [2.45, 2.75) is 98.3 Å². The van der Waals surface area contributed by atoms with Gasteiger partial charge in [-0.15, -0.1) is 0 Å². The van der Waals surface area contributed by atoms with Crippen LogP contribution in [-0.2, 0) is 30.4 Å². The lowest BCUT2D eigenvalue weighted by Gasteiger charge is -2.30.